The predicted molar refractivity (Wildman–Crippen MR) is 123 cm³/mol. The molecule has 0 bridgehead atoms. The van der Waals surface area contributed by atoms with Gasteiger partial charge in [0, 0.05) is 29.1 Å². The van der Waals surface area contributed by atoms with Crippen LogP contribution in [0.15, 0.2) is 23.8 Å². The highest BCUT2D eigenvalue weighted by molar-refractivity contribution is 6.01. The molecular formula is C27H37FO6. The molecule has 6 nitrogen and oxygen atoms in total. The summed E-state index contributed by atoms with van der Waals surface area (Å²) in [6, 6.07) is 0. The molecule has 7 heteroatoms. The highest BCUT2D eigenvalue weighted by Crippen LogP contribution is 2.71. The Kier molecular flexibility index (Phi) is 6.21. The zero-order valence-electron chi connectivity index (χ0n) is 20.6. The molecular weight excluding hydrogens is 439 g/mol. The van der Waals surface area contributed by atoms with Crippen molar-refractivity contribution in [3.05, 3.63) is 23.8 Å². The fourth-order valence-corrected chi connectivity index (χ4v) is 8.07. The van der Waals surface area contributed by atoms with Crippen LogP contribution >= 0.6 is 0 Å². The summed E-state index contributed by atoms with van der Waals surface area (Å²) in [6.45, 7) is 6.55. The van der Waals surface area contributed by atoms with Crippen LogP contribution in [-0.4, -0.2) is 51.7 Å². The van der Waals surface area contributed by atoms with Crippen molar-refractivity contribution < 1.29 is 33.7 Å². The number of hydrogen-bond donors (Lipinski definition) is 2. The molecule has 0 radical (unpaired) electrons. The van der Waals surface area contributed by atoms with E-state index >= 15 is 4.39 Å². The Morgan fingerprint density at radius 1 is 1.26 bits per heavy atom. The Bertz CT molecular complexity index is 957. The Hall–Kier alpha value is -1.86. The maximum absolute atomic E-state index is 17.3. The number of rotatable bonds is 6. The summed E-state index contributed by atoms with van der Waals surface area (Å²) in [7, 11) is 0. The van der Waals surface area contributed by atoms with E-state index in [1.807, 2.05) is 20.8 Å². The summed E-state index contributed by atoms with van der Waals surface area (Å²) < 4.78 is 23.3. The second-order valence-electron chi connectivity index (χ2n) is 11.3. The van der Waals surface area contributed by atoms with Crippen molar-refractivity contribution in [2.75, 3.05) is 6.61 Å². The molecule has 0 spiro atoms. The molecule has 34 heavy (non-hydrogen) atoms. The molecule has 0 aromatic rings. The topological polar surface area (TPSA) is 101 Å². The molecule has 0 amide bonds. The SMILES string of the molecule is CCCCC(=O)O[C@]1(C(=O)CO)C(C)CC2[C@@H]3CCC4=CC(=O)C=C[C@]4(C)[C@@]3(F)C(O)C[C@@]21C. The first kappa shape index (κ1) is 25.2. The van der Waals surface area contributed by atoms with Gasteiger partial charge in [-0.05, 0) is 57.1 Å². The van der Waals surface area contributed by atoms with E-state index in [9.17, 15) is 24.6 Å². The van der Waals surface area contributed by atoms with E-state index in [4.69, 9.17) is 4.74 Å². The molecule has 3 unspecified atom stereocenters. The number of aliphatic hydroxyl groups is 2. The minimum atomic E-state index is -2.03. The average molecular weight is 477 g/mol. The molecule has 0 saturated heterocycles. The zero-order chi connectivity index (χ0) is 25.1. The lowest BCUT2D eigenvalue weighted by atomic mass is 9.44. The highest BCUT2D eigenvalue weighted by Gasteiger charge is 2.77. The fraction of sp³-hybridized carbons (Fsp3) is 0.741. The molecule has 3 fully saturated rings. The predicted octanol–water partition coefficient (Wildman–Crippen LogP) is 3.64. The third kappa shape index (κ3) is 3.08. The fourth-order valence-electron chi connectivity index (χ4n) is 8.07. The number of allylic oxidation sites excluding steroid dienone is 4. The van der Waals surface area contributed by atoms with Gasteiger partial charge in [0.2, 0.25) is 5.78 Å². The summed E-state index contributed by atoms with van der Waals surface area (Å²) in [6.07, 6.45) is 5.92. The van der Waals surface area contributed by atoms with Gasteiger partial charge in [0.05, 0.1) is 6.10 Å². The molecule has 4 aliphatic carbocycles. The van der Waals surface area contributed by atoms with Crippen LogP contribution in [0.3, 0.4) is 0 Å². The summed E-state index contributed by atoms with van der Waals surface area (Å²) >= 11 is 0. The van der Waals surface area contributed by atoms with Gasteiger partial charge in [0.25, 0.3) is 0 Å². The van der Waals surface area contributed by atoms with Gasteiger partial charge >= 0.3 is 5.97 Å². The summed E-state index contributed by atoms with van der Waals surface area (Å²) in [5.41, 5.74) is -5.11. The van der Waals surface area contributed by atoms with Crippen molar-refractivity contribution in [3.8, 4) is 0 Å². The van der Waals surface area contributed by atoms with Crippen molar-refractivity contribution in [2.45, 2.75) is 90.0 Å². The molecule has 4 aliphatic rings. The number of carbonyl (C=O) groups is 3. The van der Waals surface area contributed by atoms with E-state index in [2.05, 4.69) is 0 Å². The summed E-state index contributed by atoms with van der Waals surface area (Å²) in [5, 5.41) is 21.4. The van der Waals surface area contributed by atoms with E-state index in [0.29, 0.717) is 31.3 Å². The van der Waals surface area contributed by atoms with Gasteiger partial charge in [0.15, 0.2) is 17.1 Å². The first-order chi connectivity index (χ1) is 15.9. The van der Waals surface area contributed by atoms with E-state index in [1.54, 1.807) is 13.0 Å². The van der Waals surface area contributed by atoms with Crippen molar-refractivity contribution in [3.63, 3.8) is 0 Å². The maximum atomic E-state index is 17.3. The number of carbonyl (C=O) groups excluding carboxylic acids is 3. The number of ether oxygens (including phenoxy) is 1. The monoisotopic (exact) mass is 476 g/mol. The van der Waals surface area contributed by atoms with Crippen molar-refractivity contribution in [1.82, 2.24) is 0 Å². The first-order valence-corrected chi connectivity index (χ1v) is 12.6. The smallest absolute Gasteiger partial charge is 0.306 e. The molecule has 0 aliphatic heterocycles. The summed E-state index contributed by atoms with van der Waals surface area (Å²) in [5.74, 6) is -2.62. The summed E-state index contributed by atoms with van der Waals surface area (Å²) in [4.78, 5) is 38.1. The highest BCUT2D eigenvalue weighted by atomic mass is 19.1. The Labute approximate surface area is 200 Å². The van der Waals surface area contributed by atoms with Crippen LogP contribution in [0.2, 0.25) is 0 Å². The van der Waals surface area contributed by atoms with Crippen molar-refractivity contribution >= 4 is 17.5 Å². The van der Waals surface area contributed by atoms with Crippen molar-refractivity contribution in [2.24, 2.45) is 28.6 Å². The molecule has 0 heterocycles. The number of fused-ring (bicyclic) bond motifs is 5. The van der Waals surface area contributed by atoms with Gasteiger partial charge in [-0.2, -0.15) is 0 Å². The molecule has 188 valence electrons. The first-order valence-electron chi connectivity index (χ1n) is 12.6. The number of ketones is 2. The van der Waals surface area contributed by atoms with Gasteiger partial charge in [-0.1, -0.05) is 38.8 Å². The Morgan fingerprint density at radius 3 is 2.62 bits per heavy atom. The van der Waals surface area contributed by atoms with Crippen LogP contribution < -0.4 is 0 Å². The maximum Gasteiger partial charge on any atom is 0.306 e. The number of hydrogen-bond acceptors (Lipinski definition) is 6. The molecule has 0 aromatic carbocycles. The number of Topliss-reactive ketones (excluding diaryl/α,β-unsaturated/α-hetero) is 1. The molecule has 0 aromatic heterocycles. The minimum absolute atomic E-state index is 0.0769. The number of halogens is 1. The second-order valence-corrected chi connectivity index (χ2v) is 11.3. The second kappa shape index (κ2) is 8.37. The number of aliphatic hydroxyl groups excluding tert-OH is 2. The van der Waals surface area contributed by atoms with Gasteiger partial charge in [-0.25, -0.2) is 4.39 Å². The van der Waals surface area contributed by atoms with E-state index in [0.717, 1.165) is 6.42 Å². The van der Waals surface area contributed by atoms with Gasteiger partial charge in [-0.3, -0.25) is 14.4 Å². The third-order valence-electron chi connectivity index (χ3n) is 9.75. The largest absolute Gasteiger partial charge is 0.450 e. The number of unbranched alkanes of at least 4 members (excludes halogenated alkanes) is 1. The lowest BCUT2D eigenvalue weighted by Crippen LogP contribution is -2.70. The third-order valence-corrected chi connectivity index (χ3v) is 9.75. The average Bonchev–Trinajstić information content (AvgIpc) is 3.00. The van der Waals surface area contributed by atoms with Crippen LogP contribution in [0.1, 0.15) is 72.6 Å². The lowest BCUT2D eigenvalue weighted by Gasteiger charge is -2.62. The Balaban J connectivity index is 1.80. The van der Waals surface area contributed by atoms with E-state index in [-0.39, 0.29) is 24.5 Å². The number of esters is 1. The quantitative estimate of drug-likeness (QED) is 0.568. The zero-order valence-corrected chi connectivity index (χ0v) is 20.6. The van der Waals surface area contributed by atoms with Gasteiger partial charge in [0.1, 0.15) is 6.61 Å². The normalized spacial score (nSPS) is 45.1. The molecule has 3 saturated carbocycles. The van der Waals surface area contributed by atoms with E-state index in [1.165, 1.54) is 12.2 Å². The lowest BCUT2D eigenvalue weighted by molar-refractivity contribution is -0.228. The molecule has 8 atom stereocenters. The van der Waals surface area contributed by atoms with Crippen LogP contribution in [0, 0.1) is 28.6 Å². The van der Waals surface area contributed by atoms with Crippen molar-refractivity contribution in [1.29, 1.82) is 0 Å². The van der Waals surface area contributed by atoms with Gasteiger partial charge < -0.3 is 14.9 Å². The molecule has 2 N–H and O–H groups in total. The Morgan fingerprint density at radius 2 is 1.97 bits per heavy atom. The minimum Gasteiger partial charge on any atom is -0.450 e. The van der Waals surface area contributed by atoms with Gasteiger partial charge in [-0.15, -0.1) is 0 Å². The van der Waals surface area contributed by atoms with Crippen LogP contribution in [0.25, 0.3) is 0 Å². The van der Waals surface area contributed by atoms with E-state index < -0.39 is 58.4 Å². The van der Waals surface area contributed by atoms with Crippen LogP contribution in [0.4, 0.5) is 4.39 Å². The standard InChI is InChI=1S/C27H37FO6/c1-5-6-7-23(33)34-27(22(32)15-29)16(2)12-20-19-9-8-17-13-18(30)10-11-24(17,3)26(19,28)21(31)14-25(20,27)4/h10-11,13,16,19-21,29,31H,5-9,12,14-15H2,1-4H3/t16?,19-,20?,21?,24-,25-,26-,27-/m0/s1. The number of alkyl halides is 1. The van der Waals surface area contributed by atoms with Crippen LogP contribution in [-0.2, 0) is 19.1 Å². The molecule has 4 rings (SSSR count). The van der Waals surface area contributed by atoms with Crippen LogP contribution in [0.5, 0.6) is 0 Å².